The third-order valence-electron chi connectivity index (χ3n) is 3.82. The normalized spacial score (nSPS) is 8.12. The quantitative estimate of drug-likeness (QED) is 0.287. The number of Topliss-reactive ketones (excluding diaryl/α,β-unsaturated/α-hetero) is 1. The Bertz CT molecular complexity index is 867. The van der Waals surface area contributed by atoms with Crippen molar-refractivity contribution in [2.75, 3.05) is 7.11 Å². The molecule has 0 unspecified atom stereocenters. The van der Waals surface area contributed by atoms with Crippen LogP contribution in [0.15, 0.2) is 109 Å². The molecular weight excluding hydrogens is 404 g/mol. The van der Waals surface area contributed by atoms with Gasteiger partial charge in [-0.05, 0) is 29.8 Å². The van der Waals surface area contributed by atoms with E-state index in [9.17, 15) is 4.79 Å². The highest BCUT2D eigenvalue weighted by molar-refractivity contribution is 5.93. The van der Waals surface area contributed by atoms with Crippen molar-refractivity contribution in [3.05, 3.63) is 115 Å². The summed E-state index contributed by atoms with van der Waals surface area (Å²) in [6, 6.07) is 35.6. The Hall–Kier alpha value is -3.39. The lowest BCUT2D eigenvalue weighted by Crippen LogP contribution is -1.88. The molecule has 0 aromatic heterocycles. The molecule has 4 rings (SSSR count). The van der Waals surface area contributed by atoms with Crippen LogP contribution in [0.5, 0.6) is 5.75 Å². The third kappa shape index (κ3) is 15.1. The van der Waals surface area contributed by atoms with Gasteiger partial charge in [0.05, 0.1) is 7.11 Å². The molecular formula is C31H42O2. The number of rotatable bonds is 2. The highest BCUT2D eigenvalue weighted by atomic mass is 16.5. The summed E-state index contributed by atoms with van der Waals surface area (Å²) in [6.07, 6.45) is 0. The number of hydrogen-bond acceptors (Lipinski definition) is 2. The molecule has 2 heteroatoms. The van der Waals surface area contributed by atoms with Crippen molar-refractivity contribution in [1.82, 2.24) is 0 Å². The van der Waals surface area contributed by atoms with Crippen LogP contribution < -0.4 is 4.74 Å². The number of para-hydroxylation sites is 1. The van der Waals surface area contributed by atoms with Crippen LogP contribution in [0.2, 0.25) is 0 Å². The van der Waals surface area contributed by atoms with Crippen molar-refractivity contribution >= 4 is 16.6 Å². The zero-order valence-electron chi connectivity index (χ0n) is 21.7. The number of fused-ring (bicyclic) bond motifs is 1. The minimum atomic E-state index is 0.121. The maximum Gasteiger partial charge on any atom is 0.159 e. The molecule has 0 heterocycles. The number of methoxy groups -OCH3 is 1. The number of ketones is 1. The first-order valence-electron chi connectivity index (χ1n) is 11.8. The van der Waals surface area contributed by atoms with Gasteiger partial charge in [-0.1, -0.05) is 139 Å². The predicted octanol–water partition coefficient (Wildman–Crippen LogP) is 9.50. The smallest absolute Gasteiger partial charge is 0.159 e. The summed E-state index contributed by atoms with van der Waals surface area (Å²) >= 11 is 0. The van der Waals surface area contributed by atoms with Gasteiger partial charge in [0.25, 0.3) is 0 Å². The molecule has 0 spiro atoms. The number of carbonyl (C=O) groups is 1. The summed E-state index contributed by atoms with van der Waals surface area (Å²) in [4.78, 5) is 10.6. The van der Waals surface area contributed by atoms with Crippen molar-refractivity contribution in [2.24, 2.45) is 0 Å². The van der Waals surface area contributed by atoms with Crippen LogP contribution in [0.1, 0.15) is 58.8 Å². The van der Waals surface area contributed by atoms with Crippen LogP contribution in [-0.4, -0.2) is 12.9 Å². The van der Waals surface area contributed by atoms with Gasteiger partial charge in [0, 0.05) is 5.56 Å². The maximum atomic E-state index is 10.6. The molecule has 0 saturated heterocycles. The molecule has 0 aliphatic rings. The molecule has 0 radical (unpaired) electrons. The van der Waals surface area contributed by atoms with Gasteiger partial charge in [-0.25, -0.2) is 0 Å². The van der Waals surface area contributed by atoms with Crippen LogP contribution in [0.25, 0.3) is 10.8 Å². The van der Waals surface area contributed by atoms with Crippen LogP contribution in [0.4, 0.5) is 0 Å². The predicted molar refractivity (Wildman–Crippen MR) is 147 cm³/mol. The van der Waals surface area contributed by atoms with E-state index in [1.807, 2.05) is 102 Å². The molecule has 33 heavy (non-hydrogen) atoms. The number of ether oxygens (including phenoxy) is 1. The van der Waals surface area contributed by atoms with Crippen molar-refractivity contribution in [3.63, 3.8) is 0 Å². The summed E-state index contributed by atoms with van der Waals surface area (Å²) < 4.78 is 4.91. The monoisotopic (exact) mass is 446 g/mol. The summed E-state index contributed by atoms with van der Waals surface area (Å²) in [5, 5.41) is 2.62. The zero-order chi connectivity index (χ0) is 25.3. The first-order valence-corrected chi connectivity index (χ1v) is 11.8. The van der Waals surface area contributed by atoms with Crippen LogP contribution in [-0.2, 0) is 0 Å². The Morgan fingerprint density at radius 3 is 1.06 bits per heavy atom. The minimum absolute atomic E-state index is 0.121. The fourth-order valence-corrected chi connectivity index (χ4v) is 2.36. The summed E-state index contributed by atoms with van der Waals surface area (Å²) in [5.74, 6) is 1.03. The zero-order valence-corrected chi connectivity index (χ0v) is 21.7. The molecule has 0 bridgehead atoms. The van der Waals surface area contributed by atoms with Crippen molar-refractivity contribution in [2.45, 2.75) is 48.5 Å². The van der Waals surface area contributed by atoms with E-state index >= 15 is 0 Å². The Balaban J connectivity index is 0. The molecule has 4 aromatic carbocycles. The van der Waals surface area contributed by atoms with E-state index < -0.39 is 0 Å². The van der Waals surface area contributed by atoms with Gasteiger partial charge in [-0.3, -0.25) is 4.79 Å². The molecule has 178 valence electrons. The van der Waals surface area contributed by atoms with E-state index in [-0.39, 0.29) is 5.78 Å². The van der Waals surface area contributed by atoms with E-state index in [0.717, 1.165) is 11.3 Å². The van der Waals surface area contributed by atoms with E-state index in [2.05, 4.69) is 48.5 Å². The van der Waals surface area contributed by atoms with Gasteiger partial charge in [0.1, 0.15) is 5.75 Å². The van der Waals surface area contributed by atoms with E-state index in [0.29, 0.717) is 0 Å². The standard InChI is InChI=1S/C10H8.C8H8O.C7H8O.3C2H6/c1-2-6-10-8-4-3-7-9(10)5-1;1-7(9)8-5-3-2-4-6-8;1-8-7-5-3-2-4-6-7;3*1-2/h1-8H;2-6H,1H3;2-6H,1H3;3*1-2H3. The Morgan fingerprint density at radius 1 is 0.515 bits per heavy atom. The van der Waals surface area contributed by atoms with Crippen molar-refractivity contribution < 1.29 is 9.53 Å². The molecule has 0 aliphatic carbocycles. The molecule has 2 nitrogen and oxygen atoms in total. The maximum absolute atomic E-state index is 10.6. The van der Waals surface area contributed by atoms with Gasteiger partial charge in [-0.2, -0.15) is 0 Å². The van der Waals surface area contributed by atoms with Gasteiger partial charge in [0.15, 0.2) is 5.78 Å². The van der Waals surface area contributed by atoms with Crippen LogP contribution in [0.3, 0.4) is 0 Å². The topological polar surface area (TPSA) is 26.3 Å². The Labute approximate surface area is 202 Å². The summed E-state index contributed by atoms with van der Waals surface area (Å²) in [7, 11) is 1.66. The fraction of sp³-hybridized carbons (Fsp3) is 0.258. The van der Waals surface area contributed by atoms with Gasteiger partial charge in [0.2, 0.25) is 0 Å². The number of benzene rings is 4. The molecule has 0 amide bonds. The van der Waals surface area contributed by atoms with E-state index in [4.69, 9.17) is 4.74 Å². The molecule has 0 saturated carbocycles. The van der Waals surface area contributed by atoms with Gasteiger partial charge >= 0.3 is 0 Å². The molecule has 0 N–H and O–H groups in total. The summed E-state index contributed by atoms with van der Waals surface area (Å²) in [5.41, 5.74) is 0.775. The molecule has 0 atom stereocenters. The summed E-state index contributed by atoms with van der Waals surface area (Å²) in [6.45, 7) is 13.6. The van der Waals surface area contributed by atoms with E-state index in [1.165, 1.54) is 10.8 Å². The lowest BCUT2D eigenvalue weighted by atomic mass is 10.1. The van der Waals surface area contributed by atoms with Gasteiger partial charge < -0.3 is 4.74 Å². The number of hydrogen-bond donors (Lipinski definition) is 0. The number of carbonyl (C=O) groups excluding carboxylic acids is 1. The molecule has 0 fully saturated rings. The second-order valence-corrected chi connectivity index (χ2v) is 5.79. The minimum Gasteiger partial charge on any atom is -0.497 e. The molecule has 0 aliphatic heterocycles. The highest BCUT2D eigenvalue weighted by Gasteiger charge is 1.92. The lowest BCUT2D eigenvalue weighted by Gasteiger charge is -1.93. The molecule has 4 aromatic rings. The first-order chi connectivity index (χ1) is 16.2. The highest BCUT2D eigenvalue weighted by Crippen LogP contribution is 2.11. The first kappa shape index (κ1) is 31.8. The van der Waals surface area contributed by atoms with E-state index in [1.54, 1.807) is 14.0 Å². The SMILES string of the molecule is CC.CC.CC.CC(=O)c1ccccc1.COc1ccccc1.c1ccc2ccccc2c1. The van der Waals surface area contributed by atoms with Crippen molar-refractivity contribution in [3.8, 4) is 5.75 Å². The average molecular weight is 447 g/mol. The third-order valence-corrected chi connectivity index (χ3v) is 3.82. The van der Waals surface area contributed by atoms with Crippen LogP contribution in [0, 0.1) is 0 Å². The van der Waals surface area contributed by atoms with Crippen LogP contribution >= 0.6 is 0 Å². The van der Waals surface area contributed by atoms with Gasteiger partial charge in [-0.15, -0.1) is 0 Å². The average Bonchev–Trinajstić information content (AvgIpc) is 2.94. The second kappa shape index (κ2) is 23.3. The van der Waals surface area contributed by atoms with Crippen molar-refractivity contribution in [1.29, 1.82) is 0 Å². The lowest BCUT2D eigenvalue weighted by molar-refractivity contribution is 0.101. The second-order valence-electron chi connectivity index (χ2n) is 5.79. The Kier molecular flexibility index (Phi) is 22.4. The largest absolute Gasteiger partial charge is 0.497 e. The Morgan fingerprint density at radius 2 is 0.818 bits per heavy atom. The fourth-order valence-electron chi connectivity index (χ4n) is 2.36.